The molecule has 6 nitrogen and oxygen atoms in total. The number of H-pyrrole nitrogens is 1. The highest BCUT2D eigenvalue weighted by Crippen LogP contribution is 2.40. The summed E-state index contributed by atoms with van der Waals surface area (Å²) in [5.41, 5.74) is 5.94. The van der Waals surface area contributed by atoms with E-state index in [-0.39, 0.29) is 12.3 Å². The van der Waals surface area contributed by atoms with Crippen molar-refractivity contribution >= 4 is 16.8 Å². The Labute approximate surface area is 201 Å². The van der Waals surface area contributed by atoms with E-state index in [1.165, 1.54) is 16.5 Å². The van der Waals surface area contributed by atoms with E-state index in [2.05, 4.69) is 43.1 Å². The van der Waals surface area contributed by atoms with Gasteiger partial charge in [-0.2, -0.15) is 0 Å². The number of carbonyl (C=O) groups is 1. The van der Waals surface area contributed by atoms with Crippen molar-refractivity contribution in [3.63, 3.8) is 0 Å². The van der Waals surface area contributed by atoms with Gasteiger partial charge in [-0.05, 0) is 73.1 Å². The van der Waals surface area contributed by atoms with Gasteiger partial charge in [0.1, 0.15) is 0 Å². The Bertz CT molecular complexity index is 1160. The van der Waals surface area contributed by atoms with E-state index in [4.69, 9.17) is 9.47 Å². The minimum Gasteiger partial charge on any atom is -0.493 e. The molecule has 0 aliphatic carbocycles. The summed E-state index contributed by atoms with van der Waals surface area (Å²) in [5.74, 6) is 2.25. The van der Waals surface area contributed by atoms with Gasteiger partial charge in [0, 0.05) is 29.6 Å². The molecule has 1 atom stereocenters. The number of aromatic amines is 1. The SMILES string of the molecule is COc1ccc(-c2[nH]c3ccc(C4CCN(C(=O)CC(C)O)CC4)cc3c2C(C)C)cc1OC. The van der Waals surface area contributed by atoms with Crippen molar-refractivity contribution in [3.05, 3.63) is 47.5 Å². The van der Waals surface area contributed by atoms with Crippen LogP contribution in [0.15, 0.2) is 36.4 Å². The summed E-state index contributed by atoms with van der Waals surface area (Å²) in [6.45, 7) is 7.61. The van der Waals surface area contributed by atoms with E-state index in [0.717, 1.165) is 42.7 Å². The van der Waals surface area contributed by atoms with Gasteiger partial charge in [0.2, 0.25) is 5.91 Å². The van der Waals surface area contributed by atoms with E-state index >= 15 is 0 Å². The summed E-state index contributed by atoms with van der Waals surface area (Å²) >= 11 is 0. The standard InChI is InChI=1S/C28H36N2O4/c1-17(2)27-22-15-20(19-10-12-30(13-11-19)26(32)14-18(3)31)6-8-23(22)29-28(27)21-7-9-24(33-4)25(16-21)34-5/h6-9,15-19,29,31H,10-14H2,1-5H3. The Morgan fingerprint density at radius 3 is 2.38 bits per heavy atom. The smallest absolute Gasteiger partial charge is 0.225 e. The van der Waals surface area contributed by atoms with Gasteiger partial charge in [-0.3, -0.25) is 4.79 Å². The zero-order valence-corrected chi connectivity index (χ0v) is 20.9. The van der Waals surface area contributed by atoms with Crippen molar-refractivity contribution in [3.8, 4) is 22.8 Å². The minimum absolute atomic E-state index is 0.0520. The van der Waals surface area contributed by atoms with Crippen LogP contribution in [0.4, 0.5) is 0 Å². The number of piperidine rings is 1. The molecule has 3 aromatic rings. The molecule has 4 rings (SSSR count). The third-order valence-electron chi connectivity index (χ3n) is 6.90. The second-order valence-corrected chi connectivity index (χ2v) is 9.65. The fourth-order valence-corrected chi connectivity index (χ4v) is 5.15. The molecule has 1 aromatic heterocycles. The predicted octanol–water partition coefficient (Wildman–Crippen LogP) is 5.45. The number of carbonyl (C=O) groups excluding carboxylic acids is 1. The molecular formula is C28H36N2O4. The van der Waals surface area contributed by atoms with E-state index in [0.29, 0.717) is 23.3 Å². The number of aliphatic hydroxyl groups is 1. The Morgan fingerprint density at radius 2 is 1.76 bits per heavy atom. The average Bonchev–Trinajstić information content (AvgIpc) is 3.22. The molecule has 1 saturated heterocycles. The monoisotopic (exact) mass is 464 g/mol. The molecule has 1 unspecified atom stereocenters. The normalized spacial score (nSPS) is 15.7. The number of rotatable bonds is 7. The second kappa shape index (κ2) is 10.1. The molecular weight excluding hydrogens is 428 g/mol. The Hall–Kier alpha value is -2.99. The van der Waals surface area contributed by atoms with Gasteiger partial charge < -0.3 is 24.5 Å². The quantitative estimate of drug-likeness (QED) is 0.487. The van der Waals surface area contributed by atoms with Gasteiger partial charge in [0.25, 0.3) is 0 Å². The van der Waals surface area contributed by atoms with Gasteiger partial charge in [-0.1, -0.05) is 19.9 Å². The molecule has 1 fully saturated rings. The van der Waals surface area contributed by atoms with Crippen LogP contribution in [0.1, 0.15) is 63.0 Å². The van der Waals surface area contributed by atoms with Crippen LogP contribution in [-0.2, 0) is 4.79 Å². The van der Waals surface area contributed by atoms with E-state index in [9.17, 15) is 9.90 Å². The third kappa shape index (κ3) is 4.78. The van der Waals surface area contributed by atoms with Crippen molar-refractivity contribution in [2.24, 2.45) is 0 Å². The van der Waals surface area contributed by atoms with Crippen LogP contribution in [0, 0.1) is 0 Å². The maximum atomic E-state index is 12.3. The minimum atomic E-state index is -0.587. The molecule has 2 N–H and O–H groups in total. The van der Waals surface area contributed by atoms with E-state index in [1.807, 2.05) is 17.0 Å². The molecule has 0 bridgehead atoms. The van der Waals surface area contributed by atoms with Crippen molar-refractivity contribution in [2.45, 2.75) is 58.0 Å². The van der Waals surface area contributed by atoms with Gasteiger partial charge in [-0.25, -0.2) is 0 Å². The lowest BCUT2D eigenvalue weighted by Gasteiger charge is -2.32. The average molecular weight is 465 g/mol. The van der Waals surface area contributed by atoms with Crippen LogP contribution in [-0.4, -0.2) is 54.3 Å². The molecule has 6 heteroatoms. The predicted molar refractivity (Wildman–Crippen MR) is 136 cm³/mol. The summed E-state index contributed by atoms with van der Waals surface area (Å²) < 4.78 is 11.0. The summed E-state index contributed by atoms with van der Waals surface area (Å²) in [6.07, 6.45) is 1.51. The number of likely N-dealkylation sites (tertiary alicyclic amines) is 1. The van der Waals surface area contributed by atoms with E-state index in [1.54, 1.807) is 21.1 Å². The molecule has 0 spiro atoms. The Morgan fingerprint density at radius 1 is 1.06 bits per heavy atom. The first-order valence-corrected chi connectivity index (χ1v) is 12.2. The first-order chi connectivity index (χ1) is 16.3. The number of ether oxygens (including phenoxy) is 2. The molecule has 1 amide bonds. The zero-order valence-electron chi connectivity index (χ0n) is 20.9. The largest absolute Gasteiger partial charge is 0.493 e. The molecule has 1 aliphatic heterocycles. The lowest BCUT2D eigenvalue weighted by Crippen LogP contribution is -2.39. The van der Waals surface area contributed by atoms with Gasteiger partial charge in [0.15, 0.2) is 11.5 Å². The number of nitrogens with zero attached hydrogens (tertiary/aromatic N) is 1. The fourth-order valence-electron chi connectivity index (χ4n) is 5.15. The summed E-state index contributed by atoms with van der Waals surface area (Å²) in [7, 11) is 3.31. The lowest BCUT2D eigenvalue weighted by molar-refractivity contribution is -0.134. The van der Waals surface area contributed by atoms with Crippen LogP contribution >= 0.6 is 0 Å². The van der Waals surface area contributed by atoms with Crippen LogP contribution in [0.2, 0.25) is 0 Å². The topological polar surface area (TPSA) is 74.8 Å². The van der Waals surface area contributed by atoms with Crippen molar-refractivity contribution < 1.29 is 19.4 Å². The maximum Gasteiger partial charge on any atom is 0.225 e. The number of methoxy groups -OCH3 is 2. The maximum absolute atomic E-state index is 12.3. The summed E-state index contributed by atoms with van der Waals surface area (Å²) in [5, 5.41) is 10.8. The molecule has 1 aliphatic rings. The number of amides is 1. The number of aromatic nitrogens is 1. The molecule has 2 heterocycles. The van der Waals surface area contributed by atoms with E-state index < -0.39 is 6.10 Å². The number of hydrogen-bond acceptors (Lipinski definition) is 4. The molecule has 0 radical (unpaired) electrons. The van der Waals surface area contributed by atoms with Crippen molar-refractivity contribution in [1.82, 2.24) is 9.88 Å². The Kier molecular flexibility index (Phi) is 7.17. The molecule has 34 heavy (non-hydrogen) atoms. The number of hydrogen-bond donors (Lipinski definition) is 2. The van der Waals surface area contributed by atoms with Crippen molar-refractivity contribution in [2.75, 3.05) is 27.3 Å². The van der Waals surface area contributed by atoms with Crippen LogP contribution in [0.25, 0.3) is 22.2 Å². The van der Waals surface area contributed by atoms with Crippen LogP contribution in [0.3, 0.4) is 0 Å². The van der Waals surface area contributed by atoms with Gasteiger partial charge in [0.05, 0.1) is 32.4 Å². The molecule has 0 saturated carbocycles. The number of nitrogens with one attached hydrogen (secondary N) is 1. The van der Waals surface area contributed by atoms with Gasteiger partial charge >= 0.3 is 0 Å². The molecule has 182 valence electrons. The number of aliphatic hydroxyl groups excluding tert-OH is 1. The highest BCUT2D eigenvalue weighted by atomic mass is 16.5. The number of benzene rings is 2. The first-order valence-electron chi connectivity index (χ1n) is 12.2. The van der Waals surface area contributed by atoms with Gasteiger partial charge in [-0.15, -0.1) is 0 Å². The second-order valence-electron chi connectivity index (χ2n) is 9.65. The fraction of sp³-hybridized carbons (Fsp3) is 0.464. The number of fused-ring (bicyclic) bond motifs is 1. The molecule has 2 aromatic carbocycles. The first kappa shape index (κ1) is 24.1. The summed E-state index contributed by atoms with van der Waals surface area (Å²) in [4.78, 5) is 17.9. The highest BCUT2D eigenvalue weighted by Gasteiger charge is 2.25. The third-order valence-corrected chi connectivity index (χ3v) is 6.90. The van der Waals surface area contributed by atoms with Crippen molar-refractivity contribution in [1.29, 1.82) is 0 Å². The van der Waals surface area contributed by atoms with Crippen LogP contribution in [0.5, 0.6) is 11.5 Å². The van der Waals surface area contributed by atoms with Crippen LogP contribution < -0.4 is 9.47 Å². The zero-order chi connectivity index (χ0) is 24.4. The summed E-state index contributed by atoms with van der Waals surface area (Å²) in [6, 6.07) is 12.8. The highest BCUT2D eigenvalue weighted by molar-refractivity contribution is 5.92. The lowest BCUT2D eigenvalue weighted by atomic mass is 9.87. The Balaban J connectivity index is 1.64.